The molecule has 12 heteroatoms. The molecule has 3 saturated heterocycles. The number of carbonyl (C=O) groups excluding carboxylic acids is 1. The summed E-state index contributed by atoms with van der Waals surface area (Å²) in [6.45, 7) is 6.69. The maximum atomic E-state index is 14.9. The zero-order valence-electron chi connectivity index (χ0n) is 21.2. The van der Waals surface area contributed by atoms with E-state index in [9.17, 15) is 18.0 Å². The number of amides is 1. The predicted octanol–water partition coefficient (Wildman–Crippen LogP) is 5.96. The Morgan fingerprint density at radius 2 is 1.92 bits per heavy atom. The van der Waals surface area contributed by atoms with Gasteiger partial charge in [0.2, 0.25) is 6.43 Å². The number of alkyl halides is 2. The van der Waals surface area contributed by atoms with Crippen molar-refractivity contribution in [2.75, 3.05) is 23.3 Å². The normalized spacial score (nSPS) is 19.4. The molecule has 6 rings (SSSR count). The molecule has 2 atom stereocenters. The van der Waals surface area contributed by atoms with Crippen molar-refractivity contribution in [2.24, 2.45) is 0 Å². The van der Waals surface area contributed by atoms with Gasteiger partial charge in [0, 0.05) is 25.6 Å². The van der Waals surface area contributed by atoms with E-state index >= 15 is 0 Å². The van der Waals surface area contributed by atoms with Crippen LogP contribution in [0.5, 0.6) is 0 Å². The second-order valence-electron chi connectivity index (χ2n) is 10.5. The summed E-state index contributed by atoms with van der Waals surface area (Å²) in [7, 11) is 0. The van der Waals surface area contributed by atoms with Gasteiger partial charge in [-0.1, -0.05) is 17.7 Å². The van der Waals surface area contributed by atoms with Crippen LogP contribution in [0, 0.1) is 5.82 Å². The smallest absolute Gasteiger partial charge is 0.410 e. The Labute approximate surface area is 223 Å². The van der Waals surface area contributed by atoms with Crippen LogP contribution in [0.15, 0.2) is 30.6 Å². The van der Waals surface area contributed by atoms with Crippen molar-refractivity contribution >= 4 is 46.1 Å². The van der Waals surface area contributed by atoms with E-state index in [1.165, 1.54) is 18.5 Å². The van der Waals surface area contributed by atoms with Crippen molar-refractivity contribution in [3.63, 3.8) is 0 Å². The molecule has 202 valence electrons. The molecule has 0 radical (unpaired) electrons. The molecule has 0 spiro atoms. The van der Waals surface area contributed by atoms with Crippen LogP contribution < -0.4 is 10.2 Å². The fourth-order valence-electron chi connectivity index (χ4n) is 4.97. The Bertz CT molecular complexity index is 1370. The Kier molecular flexibility index (Phi) is 6.97. The molecular formula is C26H28ClF3N6O2. The number of fused-ring (bicyclic) bond motifs is 4. The second-order valence-corrected chi connectivity index (χ2v) is 10.9. The Hall–Kier alpha value is -3.34. The van der Waals surface area contributed by atoms with E-state index in [0.717, 1.165) is 12.8 Å². The van der Waals surface area contributed by atoms with Crippen molar-refractivity contribution in [2.45, 2.75) is 64.1 Å². The third-order valence-corrected chi connectivity index (χ3v) is 7.12. The number of nitrogens with one attached hydrogen (secondary N) is 1. The lowest BCUT2D eigenvalue weighted by Gasteiger charge is -2.51. The van der Waals surface area contributed by atoms with Crippen LogP contribution in [0.4, 0.5) is 35.3 Å². The lowest BCUT2D eigenvalue weighted by atomic mass is 9.91. The van der Waals surface area contributed by atoms with E-state index in [1.54, 1.807) is 4.90 Å². The highest BCUT2D eigenvalue weighted by atomic mass is 35.5. The van der Waals surface area contributed by atoms with Crippen LogP contribution in [-0.4, -0.2) is 63.1 Å². The van der Waals surface area contributed by atoms with Gasteiger partial charge in [0.1, 0.15) is 23.3 Å². The summed E-state index contributed by atoms with van der Waals surface area (Å²) in [5.74, 6) is 0.106. The van der Waals surface area contributed by atoms with Crippen LogP contribution in [0.2, 0.25) is 5.02 Å². The van der Waals surface area contributed by atoms with Gasteiger partial charge in [0.25, 0.3) is 0 Å². The number of carbonyl (C=O) groups is 1. The van der Waals surface area contributed by atoms with Crippen LogP contribution in [0.3, 0.4) is 0 Å². The first-order valence-corrected chi connectivity index (χ1v) is 12.8. The Balaban J connectivity index is 1.40. The number of halogens is 4. The van der Waals surface area contributed by atoms with Crippen molar-refractivity contribution in [1.82, 2.24) is 19.9 Å². The largest absolute Gasteiger partial charge is 0.444 e. The van der Waals surface area contributed by atoms with Crippen LogP contribution in [-0.2, 0) is 11.2 Å². The average Bonchev–Trinajstić information content (AvgIpc) is 2.87. The molecule has 2 aromatic heterocycles. The van der Waals surface area contributed by atoms with Gasteiger partial charge in [-0.2, -0.15) is 0 Å². The minimum atomic E-state index is -2.64. The number of hydrogen-bond acceptors (Lipinski definition) is 7. The van der Waals surface area contributed by atoms with Crippen LogP contribution in [0.25, 0.3) is 11.0 Å². The van der Waals surface area contributed by atoms with Gasteiger partial charge in [-0.05, 0) is 57.4 Å². The number of nitrogens with zero attached hydrogens (tertiary/aromatic N) is 5. The number of hydrogen-bond donors (Lipinski definition) is 1. The van der Waals surface area contributed by atoms with Crippen molar-refractivity contribution in [3.8, 4) is 0 Å². The van der Waals surface area contributed by atoms with Gasteiger partial charge >= 0.3 is 6.09 Å². The van der Waals surface area contributed by atoms with Crippen molar-refractivity contribution in [1.29, 1.82) is 0 Å². The Morgan fingerprint density at radius 1 is 1.16 bits per heavy atom. The molecule has 0 aliphatic carbocycles. The molecule has 38 heavy (non-hydrogen) atoms. The maximum Gasteiger partial charge on any atom is 0.410 e. The molecule has 3 aliphatic heterocycles. The molecule has 1 amide bonds. The molecule has 5 heterocycles. The van der Waals surface area contributed by atoms with E-state index in [4.69, 9.17) is 21.3 Å². The standard InChI is InChI=1S/C26H28ClF3N6O2/c1-26(2,3)38-25(37)36-12-15-5-6-16(36)11-35(15)20-9-8-18-23(34-20)24(32-13-31-18)33-17-7-4-14(10-19(28)29)21(27)22(17)30/h4,7-9,13,15-16,19H,5-6,10-12H2,1-3H3,(H,31,32,33)/t15-,16-/m1/s1. The minimum absolute atomic E-state index is 0.0000397. The SMILES string of the molecule is CC(C)(C)OC(=O)N1C[C@H]2CC[C@@H]1CN2c1ccc2ncnc(Nc3ccc(CC(F)F)c(Cl)c3F)c2n1. The molecule has 1 N–H and O–H groups in total. The number of rotatable bonds is 5. The summed E-state index contributed by atoms with van der Waals surface area (Å²) in [4.78, 5) is 30.0. The van der Waals surface area contributed by atoms with Gasteiger partial charge in [-0.15, -0.1) is 0 Å². The molecule has 3 aromatic rings. The molecule has 0 saturated carbocycles. The number of benzene rings is 1. The minimum Gasteiger partial charge on any atom is -0.444 e. The fourth-order valence-corrected chi connectivity index (χ4v) is 5.21. The van der Waals surface area contributed by atoms with Crippen molar-refractivity contribution in [3.05, 3.63) is 47.0 Å². The van der Waals surface area contributed by atoms with Gasteiger partial charge in [-0.3, -0.25) is 0 Å². The second kappa shape index (κ2) is 10.1. The summed E-state index contributed by atoms with van der Waals surface area (Å²) in [5.41, 5.74) is 0.416. The van der Waals surface area contributed by atoms with E-state index in [0.29, 0.717) is 29.9 Å². The first-order valence-electron chi connectivity index (χ1n) is 12.4. The maximum absolute atomic E-state index is 14.9. The molecule has 0 unspecified atom stereocenters. The first kappa shape index (κ1) is 26.3. The predicted molar refractivity (Wildman–Crippen MR) is 139 cm³/mol. The summed E-state index contributed by atoms with van der Waals surface area (Å²) < 4.78 is 46.1. The van der Waals surface area contributed by atoms with Gasteiger partial charge < -0.3 is 19.9 Å². The molecule has 8 nitrogen and oxygen atoms in total. The summed E-state index contributed by atoms with van der Waals surface area (Å²) in [6, 6.07) is 6.47. The number of piperidine rings is 2. The highest BCUT2D eigenvalue weighted by molar-refractivity contribution is 6.31. The monoisotopic (exact) mass is 548 g/mol. The number of pyridine rings is 1. The first-order chi connectivity index (χ1) is 18.0. The molecule has 3 fully saturated rings. The number of piperazine rings is 1. The zero-order chi connectivity index (χ0) is 27.2. The molecule has 2 bridgehead atoms. The zero-order valence-corrected chi connectivity index (χ0v) is 22.0. The van der Waals surface area contributed by atoms with Crippen LogP contribution >= 0.6 is 11.6 Å². The van der Waals surface area contributed by atoms with Crippen LogP contribution in [0.1, 0.15) is 39.2 Å². The summed E-state index contributed by atoms with van der Waals surface area (Å²) in [6.07, 6.45) is -0.460. The molecule has 3 aliphatic rings. The Morgan fingerprint density at radius 3 is 2.61 bits per heavy atom. The molecule has 1 aromatic carbocycles. The van der Waals surface area contributed by atoms with Gasteiger partial charge in [-0.25, -0.2) is 32.9 Å². The number of anilines is 3. The van der Waals surface area contributed by atoms with Crippen molar-refractivity contribution < 1.29 is 22.7 Å². The molecular weight excluding hydrogens is 521 g/mol. The fraction of sp³-hybridized carbons (Fsp3) is 0.462. The lowest BCUT2D eigenvalue weighted by Crippen LogP contribution is -2.64. The van der Waals surface area contributed by atoms with Gasteiger partial charge in [0.15, 0.2) is 11.6 Å². The van der Waals surface area contributed by atoms with E-state index in [2.05, 4.69) is 20.2 Å². The van der Waals surface area contributed by atoms with Gasteiger partial charge in [0.05, 0.1) is 22.3 Å². The summed E-state index contributed by atoms with van der Waals surface area (Å²) in [5, 5.41) is 2.54. The third kappa shape index (κ3) is 5.29. The lowest BCUT2D eigenvalue weighted by molar-refractivity contribution is 0.000787. The average molecular weight is 549 g/mol. The number of aromatic nitrogens is 3. The quantitative estimate of drug-likeness (QED) is 0.421. The number of ether oxygens (including phenoxy) is 1. The van der Waals surface area contributed by atoms with E-state index < -0.39 is 24.3 Å². The topological polar surface area (TPSA) is 83.5 Å². The highest BCUT2D eigenvalue weighted by Crippen LogP contribution is 2.35. The van der Waals surface area contributed by atoms with E-state index in [1.807, 2.05) is 32.9 Å². The van der Waals surface area contributed by atoms with E-state index in [-0.39, 0.29) is 40.3 Å². The third-order valence-electron chi connectivity index (χ3n) is 6.71. The summed E-state index contributed by atoms with van der Waals surface area (Å²) >= 11 is 6.02. The highest BCUT2D eigenvalue weighted by Gasteiger charge is 2.43.